The van der Waals surface area contributed by atoms with Gasteiger partial charge in [-0.15, -0.1) is 0 Å². The minimum absolute atomic E-state index is 0.0398. The molecule has 0 saturated heterocycles. The van der Waals surface area contributed by atoms with Crippen LogP contribution in [0, 0.1) is 0 Å². The van der Waals surface area contributed by atoms with E-state index in [9.17, 15) is 29.1 Å². The number of carboxylic acids is 1. The molecule has 2 aromatic rings. The van der Waals surface area contributed by atoms with Crippen molar-refractivity contribution in [1.29, 1.82) is 0 Å². The molecule has 0 heterocycles. The number of nitrogens with one attached hydrogen (secondary N) is 3. The standard InChI is InChI=1S/C28H38N8O6/c29-19(14-17-8-3-1-4-9-17)24(38)34-20(12-7-13-33-28(31)32)25(39)35-21(16-23(30)37)26(40)36-22(27(41)42)15-18-10-5-2-6-11-18/h1-6,8-11,19-22H,7,12-16,29H2,(H2,30,37)(H,34,38)(H,35,39)(H,36,40)(H,41,42)(H4,31,32,33). The molecule has 0 fully saturated rings. The zero-order valence-corrected chi connectivity index (χ0v) is 23.1. The fourth-order valence-electron chi connectivity index (χ4n) is 4.02. The highest BCUT2D eigenvalue weighted by molar-refractivity contribution is 5.96. The number of rotatable bonds is 17. The number of nitrogens with two attached hydrogens (primary N) is 4. The molecule has 0 spiro atoms. The number of guanidine groups is 1. The molecule has 0 aliphatic carbocycles. The van der Waals surface area contributed by atoms with Crippen LogP contribution in [0.5, 0.6) is 0 Å². The first kappa shape index (κ1) is 33.2. The van der Waals surface area contributed by atoms with Crippen LogP contribution in [0.25, 0.3) is 0 Å². The van der Waals surface area contributed by atoms with Gasteiger partial charge in [-0.3, -0.25) is 24.2 Å². The first-order valence-electron chi connectivity index (χ1n) is 13.3. The van der Waals surface area contributed by atoms with Crippen molar-refractivity contribution >= 4 is 35.6 Å². The number of nitrogens with zero attached hydrogens (tertiary/aromatic N) is 1. The van der Waals surface area contributed by atoms with E-state index in [0.29, 0.717) is 5.56 Å². The Morgan fingerprint density at radius 1 is 0.714 bits per heavy atom. The Kier molecular flexibility index (Phi) is 13.4. The van der Waals surface area contributed by atoms with Crippen molar-refractivity contribution in [3.05, 3.63) is 71.8 Å². The summed E-state index contributed by atoms with van der Waals surface area (Å²) in [6.07, 6.45) is -0.114. The van der Waals surface area contributed by atoms with Gasteiger partial charge in [0.2, 0.25) is 23.6 Å². The SMILES string of the molecule is NC(=O)CC(NC(=O)C(CCCN=C(N)N)NC(=O)C(N)Cc1ccccc1)C(=O)NC(Cc1ccccc1)C(=O)O. The summed E-state index contributed by atoms with van der Waals surface area (Å²) in [4.78, 5) is 66.7. The molecule has 14 nitrogen and oxygen atoms in total. The average Bonchev–Trinajstić information content (AvgIpc) is 2.94. The smallest absolute Gasteiger partial charge is 0.326 e. The second-order valence-electron chi connectivity index (χ2n) is 9.63. The lowest BCUT2D eigenvalue weighted by atomic mass is 10.0. The van der Waals surface area contributed by atoms with E-state index in [-0.39, 0.29) is 38.2 Å². The predicted octanol–water partition coefficient (Wildman–Crippen LogP) is -1.73. The van der Waals surface area contributed by atoms with Crippen LogP contribution < -0.4 is 38.9 Å². The number of benzene rings is 2. The summed E-state index contributed by atoms with van der Waals surface area (Å²) in [5, 5.41) is 17.0. The molecule has 0 aliphatic heterocycles. The summed E-state index contributed by atoms with van der Waals surface area (Å²) in [5.74, 6) is -4.73. The van der Waals surface area contributed by atoms with Crippen LogP contribution >= 0.6 is 0 Å². The molecule has 2 rings (SSSR count). The average molecular weight is 583 g/mol. The van der Waals surface area contributed by atoms with Crippen LogP contribution in [0.3, 0.4) is 0 Å². The maximum atomic E-state index is 13.3. The fourth-order valence-corrected chi connectivity index (χ4v) is 4.02. The Labute approximate surface area is 243 Å². The Balaban J connectivity index is 2.16. The van der Waals surface area contributed by atoms with Crippen molar-refractivity contribution in [1.82, 2.24) is 16.0 Å². The highest BCUT2D eigenvalue weighted by Crippen LogP contribution is 2.07. The Morgan fingerprint density at radius 2 is 1.21 bits per heavy atom. The molecule has 0 radical (unpaired) electrons. The van der Waals surface area contributed by atoms with Crippen molar-refractivity contribution in [3.8, 4) is 0 Å². The van der Waals surface area contributed by atoms with E-state index in [1.165, 1.54) is 0 Å². The van der Waals surface area contributed by atoms with Gasteiger partial charge in [0, 0.05) is 13.0 Å². The van der Waals surface area contributed by atoms with E-state index in [0.717, 1.165) is 5.56 Å². The molecule has 14 heteroatoms. The number of hydrogen-bond acceptors (Lipinski definition) is 7. The summed E-state index contributed by atoms with van der Waals surface area (Å²) in [5.41, 5.74) is 23.5. The number of carboxylic acid groups (broad SMARTS) is 1. The lowest BCUT2D eigenvalue weighted by molar-refractivity contribution is -0.142. The molecular weight excluding hydrogens is 544 g/mol. The van der Waals surface area contributed by atoms with Crippen LogP contribution in [0.2, 0.25) is 0 Å². The molecule has 4 amide bonds. The van der Waals surface area contributed by atoms with E-state index in [1.54, 1.807) is 42.5 Å². The maximum absolute atomic E-state index is 13.3. The van der Waals surface area contributed by atoms with Gasteiger partial charge in [-0.05, 0) is 30.4 Å². The van der Waals surface area contributed by atoms with Crippen molar-refractivity contribution in [2.45, 2.75) is 56.3 Å². The summed E-state index contributed by atoms with van der Waals surface area (Å²) < 4.78 is 0. The van der Waals surface area contributed by atoms with Gasteiger partial charge in [0.15, 0.2) is 5.96 Å². The number of hydrogen-bond donors (Lipinski definition) is 8. The third-order valence-electron chi connectivity index (χ3n) is 6.15. The molecule has 4 atom stereocenters. The quantitative estimate of drug-likeness (QED) is 0.0597. The second-order valence-corrected chi connectivity index (χ2v) is 9.63. The van der Waals surface area contributed by atoms with Gasteiger partial charge in [0.1, 0.15) is 18.1 Å². The lowest BCUT2D eigenvalue weighted by Crippen LogP contribution is -2.58. The monoisotopic (exact) mass is 582 g/mol. The first-order chi connectivity index (χ1) is 20.0. The van der Waals surface area contributed by atoms with Crippen molar-refractivity contribution in [2.75, 3.05) is 6.54 Å². The highest BCUT2D eigenvalue weighted by Gasteiger charge is 2.31. The minimum Gasteiger partial charge on any atom is -0.480 e. The third-order valence-corrected chi connectivity index (χ3v) is 6.15. The van der Waals surface area contributed by atoms with E-state index >= 15 is 0 Å². The maximum Gasteiger partial charge on any atom is 0.326 e. The number of aliphatic imine (C=N–C) groups is 1. The molecule has 226 valence electrons. The molecule has 12 N–H and O–H groups in total. The summed E-state index contributed by atoms with van der Waals surface area (Å²) >= 11 is 0. The third kappa shape index (κ3) is 12.0. The number of aliphatic carboxylic acids is 1. The zero-order valence-electron chi connectivity index (χ0n) is 23.1. The van der Waals surface area contributed by atoms with Gasteiger partial charge in [-0.25, -0.2) is 4.79 Å². The molecule has 0 aliphatic rings. The topological polar surface area (TPSA) is 258 Å². The van der Waals surface area contributed by atoms with E-state index < -0.39 is 60.2 Å². The number of carbonyl (C=O) groups excluding carboxylic acids is 4. The lowest BCUT2D eigenvalue weighted by Gasteiger charge is -2.25. The second kappa shape index (κ2) is 17.0. The summed E-state index contributed by atoms with van der Waals surface area (Å²) in [6, 6.07) is 12.6. The number of carbonyl (C=O) groups is 5. The van der Waals surface area contributed by atoms with E-state index in [4.69, 9.17) is 22.9 Å². The van der Waals surface area contributed by atoms with Crippen molar-refractivity contribution < 1.29 is 29.1 Å². The molecule has 4 unspecified atom stereocenters. The molecule has 42 heavy (non-hydrogen) atoms. The Bertz CT molecular complexity index is 1240. The van der Waals surface area contributed by atoms with Gasteiger partial charge in [0.25, 0.3) is 0 Å². The summed E-state index contributed by atoms with van der Waals surface area (Å²) in [6.45, 7) is 0.156. The number of primary amides is 1. The van der Waals surface area contributed by atoms with Crippen molar-refractivity contribution in [2.24, 2.45) is 27.9 Å². The van der Waals surface area contributed by atoms with Gasteiger partial charge in [-0.1, -0.05) is 60.7 Å². The van der Waals surface area contributed by atoms with Crippen LogP contribution in [-0.2, 0) is 36.8 Å². The van der Waals surface area contributed by atoms with E-state index in [2.05, 4.69) is 20.9 Å². The Hall–Kier alpha value is -4.98. The van der Waals surface area contributed by atoms with Crippen LogP contribution in [0.15, 0.2) is 65.7 Å². The van der Waals surface area contributed by atoms with Crippen molar-refractivity contribution in [3.63, 3.8) is 0 Å². The fraction of sp³-hybridized carbons (Fsp3) is 0.357. The van der Waals surface area contributed by atoms with Gasteiger partial charge in [-0.2, -0.15) is 0 Å². The Morgan fingerprint density at radius 3 is 1.74 bits per heavy atom. The van der Waals surface area contributed by atoms with Gasteiger partial charge >= 0.3 is 5.97 Å². The first-order valence-corrected chi connectivity index (χ1v) is 13.3. The molecular formula is C28H38N8O6. The van der Waals surface area contributed by atoms with Gasteiger partial charge < -0.3 is 44.0 Å². The normalized spacial score (nSPS) is 13.5. The highest BCUT2D eigenvalue weighted by atomic mass is 16.4. The van der Waals surface area contributed by atoms with Gasteiger partial charge in [0.05, 0.1) is 12.5 Å². The largest absolute Gasteiger partial charge is 0.480 e. The number of amides is 4. The van der Waals surface area contributed by atoms with Crippen LogP contribution in [-0.4, -0.2) is 71.4 Å². The molecule has 2 aromatic carbocycles. The molecule has 0 aromatic heterocycles. The zero-order chi connectivity index (χ0) is 31.1. The van der Waals surface area contributed by atoms with E-state index in [1.807, 2.05) is 18.2 Å². The van der Waals surface area contributed by atoms with Crippen LogP contribution in [0.1, 0.15) is 30.4 Å². The molecule has 0 bridgehead atoms. The summed E-state index contributed by atoms with van der Waals surface area (Å²) in [7, 11) is 0. The molecule has 0 saturated carbocycles. The van der Waals surface area contributed by atoms with Crippen LogP contribution in [0.4, 0.5) is 0 Å². The minimum atomic E-state index is -1.51. The predicted molar refractivity (Wildman–Crippen MR) is 155 cm³/mol.